The number of hydrogen-bond acceptors (Lipinski definition) is 4. The lowest BCUT2D eigenvalue weighted by atomic mass is 10.1. The maximum absolute atomic E-state index is 11.1. The largest absolute Gasteiger partial charge is 0.550 e. The SMILES string of the molecule is O=C([O-])CCCCCC[NH+]1CC(=O)NC(=O)C1. The summed E-state index contributed by atoms with van der Waals surface area (Å²) in [7, 11) is 0. The molecule has 0 aromatic heterocycles. The molecule has 1 rings (SSSR count). The summed E-state index contributed by atoms with van der Waals surface area (Å²) in [4.78, 5) is 33.3. The Kier molecular flexibility index (Phi) is 5.62. The Morgan fingerprint density at radius 1 is 1.12 bits per heavy atom. The summed E-state index contributed by atoms with van der Waals surface area (Å²) < 4.78 is 0. The summed E-state index contributed by atoms with van der Waals surface area (Å²) in [6.07, 6.45) is 3.42. The van der Waals surface area contributed by atoms with Crippen LogP contribution >= 0.6 is 0 Å². The van der Waals surface area contributed by atoms with Crippen molar-refractivity contribution < 1.29 is 24.4 Å². The zero-order valence-electron chi connectivity index (χ0n) is 9.79. The van der Waals surface area contributed by atoms with Crippen molar-refractivity contribution in [2.45, 2.75) is 32.1 Å². The number of piperazine rings is 1. The Hall–Kier alpha value is -1.43. The van der Waals surface area contributed by atoms with E-state index in [9.17, 15) is 19.5 Å². The number of nitrogens with one attached hydrogen (secondary N) is 2. The molecule has 2 amide bonds. The van der Waals surface area contributed by atoms with Crippen molar-refractivity contribution in [2.75, 3.05) is 19.6 Å². The number of carboxylic acid groups (broad SMARTS) is 1. The predicted molar refractivity (Wildman–Crippen MR) is 56.8 cm³/mol. The minimum Gasteiger partial charge on any atom is -0.550 e. The standard InChI is InChI=1S/C11H18N2O4/c14-9-7-13(8-10(15)12-9)6-4-2-1-3-5-11(16)17/h1-8H2,(H,16,17)(H,12,14,15). The van der Waals surface area contributed by atoms with Gasteiger partial charge in [-0.2, -0.15) is 0 Å². The van der Waals surface area contributed by atoms with Gasteiger partial charge in [0.25, 0.3) is 11.8 Å². The number of rotatable bonds is 7. The van der Waals surface area contributed by atoms with Crippen molar-refractivity contribution >= 4 is 17.8 Å². The highest BCUT2D eigenvalue weighted by atomic mass is 16.4. The highest BCUT2D eigenvalue weighted by Gasteiger charge is 2.24. The number of unbranched alkanes of at least 4 members (excludes halogenated alkanes) is 3. The van der Waals surface area contributed by atoms with Crippen LogP contribution < -0.4 is 15.3 Å². The highest BCUT2D eigenvalue weighted by Crippen LogP contribution is 2.00. The lowest BCUT2D eigenvalue weighted by Crippen LogP contribution is -3.16. The van der Waals surface area contributed by atoms with E-state index in [0.29, 0.717) is 19.5 Å². The first-order valence-electron chi connectivity index (χ1n) is 5.94. The van der Waals surface area contributed by atoms with Crippen molar-refractivity contribution in [2.24, 2.45) is 0 Å². The van der Waals surface area contributed by atoms with E-state index >= 15 is 0 Å². The zero-order chi connectivity index (χ0) is 12.7. The van der Waals surface area contributed by atoms with Crippen molar-refractivity contribution in [3.8, 4) is 0 Å². The van der Waals surface area contributed by atoms with Crippen LogP contribution in [0.5, 0.6) is 0 Å². The van der Waals surface area contributed by atoms with Crippen LogP contribution in [0.2, 0.25) is 0 Å². The molecule has 1 saturated heterocycles. The summed E-state index contributed by atoms with van der Waals surface area (Å²) in [6.45, 7) is 1.49. The van der Waals surface area contributed by atoms with Crippen LogP contribution in [0.25, 0.3) is 0 Å². The van der Waals surface area contributed by atoms with Gasteiger partial charge in [-0.25, -0.2) is 0 Å². The summed E-state index contributed by atoms with van der Waals surface area (Å²) in [6, 6.07) is 0. The van der Waals surface area contributed by atoms with Gasteiger partial charge in [-0.3, -0.25) is 14.9 Å². The molecule has 2 N–H and O–H groups in total. The van der Waals surface area contributed by atoms with E-state index in [1.807, 2.05) is 0 Å². The van der Waals surface area contributed by atoms with Gasteiger partial charge in [0, 0.05) is 5.97 Å². The Labute approximate surface area is 100.0 Å². The third kappa shape index (κ3) is 6.01. The number of hydrogen-bond donors (Lipinski definition) is 2. The topological polar surface area (TPSA) is 90.7 Å². The molecule has 1 heterocycles. The van der Waals surface area contributed by atoms with Crippen LogP contribution in [0.15, 0.2) is 0 Å². The van der Waals surface area contributed by atoms with Gasteiger partial charge in [-0.15, -0.1) is 0 Å². The van der Waals surface area contributed by atoms with Gasteiger partial charge in [0.2, 0.25) is 0 Å². The zero-order valence-corrected chi connectivity index (χ0v) is 9.79. The first-order valence-corrected chi connectivity index (χ1v) is 5.94. The second-order valence-electron chi connectivity index (χ2n) is 4.36. The molecule has 1 aliphatic rings. The minimum atomic E-state index is -1.01. The van der Waals surface area contributed by atoms with E-state index in [1.165, 1.54) is 0 Å². The van der Waals surface area contributed by atoms with Crippen LogP contribution in [-0.4, -0.2) is 37.4 Å². The Bertz CT molecular complexity index is 288. The average Bonchev–Trinajstić information content (AvgIpc) is 2.21. The lowest BCUT2D eigenvalue weighted by molar-refractivity contribution is -0.885. The van der Waals surface area contributed by atoms with E-state index in [-0.39, 0.29) is 18.2 Å². The van der Waals surface area contributed by atoms with Crippen LogP contribution in [0, 0.1) is 0 Å². The summed E-state index contributed by atoms with van der Waals surface area (Å²) in [5.41, 5.74) is 0. The van der Waals surface area contributed by atoms with Crippen molar-refractivity contribution in [3.05, 3.63) is 0 Å². The van der Waals surface area contributed by atoms with Gasteiger partial charge in [0.1, 0.15) is 0 Å². The molecule has 0 atom stereocenters. The molecule has 0 aromatic carbocycles. The fraction of sp³-hybridized carbons (Fsp3) is 0.727. The summed E-state index contributed by atoms with van der Waals surface area (Å²) in [5, 5.41) is 12.4. The first kappa shape index (κ1) is 13.6. The molecule has 17 heavy (non-hydrogen) atoms. The van der Waals surface area contributed by atoms with Crippen LogP contribution in [0.4, 0.5) is 0 Å². The molecule has 0 aromatic rings. The molecule has 0 bridgehead atoms. The van der Waals surface area contributed by atoms with Gasteiger partial charge >= 0.3 is 0 Å². The third-order valence-corrected chi connectivity index (χ3v) is 2.76. The molecule has 1 aliphatic heterocycles. The predicted octanol–water partition coefficient (Wildman–Crippen LogP) is -2.77. The van der Waals surface area contributed by atoms with Gasteiger partial charge < -0.3 is 14.8 Å². The fourth-order valence-electron chi connectivity index (χ4n) is 1.94. The molecule has 6 nitrogen and oxygen atoms in total. The van der Waals surface area contributed by atoms with Crippen molar-refractivity contribution in [3.63, 3.8) is 0 Å². The molecule has 6 heteroatoms. The van der Waals surface area contributed by atoms with Crippen LogP contribution in [0.3, 0.4) is 0 Å². The van der Waals surface area contributed by atoms with Crippen LogP contribution in [0.1, 0.15) is 32.1 Å². The smallest absolute Gasteiger partial charge is 0.281 e. The Morgan fingerprint density at radius 2 is 1.71 bits per heavy atom. The monoisotopic (exact) mass is 242 g/mol. The van der Waals surface area contributed by atoms with E-state index < -0.39 is 5.97 Å². The van der Waals surface area contributed by atoms with Gasteiger partial charge in [-0.05, 0) is 25.7 Å². The summed E-state index contributed by atoms with van der Waals surface area (Å²) >= 11 is 0. The van der Waals surface area contributed by atoms with E-state index in [1.54, 1.807) is 0 Å². The van der Waals surface area contributed by atoms with Crippen molar-refractivity contribution in [1.82, 2.24) is 5.32 Å². The fourth-order valence-corrected chi connectivity index (χ4v) is 1.94. The van der Waals surface area contributed by atoms with Gasteiger partial charge in [-0.1, -0.05) is 6.42 Å². The molecule has 0 aliphatic carbocycles. The van der Waals surface area contributed by atoms with Crippen LogP contribution in [-0.2, 0) is 14.4 Å². The number of carbonyl (C=O) groups excluding carboxylic acids is 3. The first-order chi connectivity index (χ1) is 8.08. The molecule has 0 spiro atoms. The number of quaternary nitrogens is 1. The molecule has 0 unspecified atom stereocenters. The Balaban J connectivity index is 2.04. The molecule has 1 fully saturated rings. The quantitative estimate of drug-likeness (QED) is 0.373. The maximum Gasteiger partial charge on any atom is 0.281 e. The van der Waals surface area contributed by atoms with E-state index in [4.69, 9.17) is 0 Å². The normalized spacial score (nSPS) is 16.9. The maximum atomic E-state index is 11.1. The third-order valence-electron chi connectivity index (χ3n) is 2.76. The van der Waals surface area contributed by atoms with Gasteiger partial charge in [0.05, 0.1) is 6.54 Å². The Morgan fingerprint density at radius 3 is 2.29 bits per heavy atom. The molecule has 96 valence electrons. The summed E-state index contributed by atoms with van der Waals surface area (Å²) in [5.74, 6) is -1.43. The molecular weight excluding hydrogens is 224 g/mol. The number of amides is 2. The minimum absolute atomic E-state index is 0.109. The average molecular weight is 242 g/mol. The second kappa shape index (κ2) is 7.01. The molecular formula is C11H18N2O4. The number of carboxylic acids is 1. The lowest BCUT2D eigenvalue weighted by Gasteiger charge is -2.22. The van der Waals surface area contributed by atoms with E-state index in [0.717, 1.165) is 30.7 Å². The molecule has 0 saturated carbocycles. The highest BCUT2D eigenvalue weighted by molar-refractivity contribution is 5.97. The molecule has 0 radical (unpaired) electrons. The van der Waals surface area contributed by atoms with Gasteiger partial charge in [0.15, 0.2) is 13.1 Å². The number of imide groups is 1. The number of aliphatic carboxylic acids is 1. The van der Waals surface area contributed by atoms with E-state index in [2.05, 4.69) is 5.32 Å². The number of carbonyl (C=O) groups is 3. The van der Waals surface area contributed by atoms with Crippen molar-refractivity contribution in [1.29, 1.82) is 0 Å². The second-order valence-corrected chi connectivity index (χ2v) is 4.36.